The van der Waals surface area contributed by atoms with Crippen molar-refractivity contribution in [3.63, 3.8) is 0 Å². The first kappa shape index (κ1) is 23.5. The number of aromatic carboxylic acids is 1. The van der Waals surface area contributed by atoms with Crippen molar-refractivity contribution in [3.8, 4) is 11.5 Å². The smallest absolute Gasteiger partial charge is 0.371 e. The summed E-state index contributed by atoms with van der Waals surface area (Å²) in [5, 5.41) is 9.62. The summed E-state index contributed by atoms with van der Waals surface area (Å²) < 4.78 is 16.0. The van der Waals surface area contributed by atoms with Gasteiger partial charge in [-0.05, 0) is 42.7 Å². The van der Waals surface area contributed by atoms with Gasteiger partial charge in [-0.25, -0.2) is 14.8 Å². The molecule has 2 heterocycles. The number of hydrogen-bond donors (Lipinski definition) is 1. The summed E-state index contributed by atoms with van der Waals surface area (Å²) in [6, 6.07) is 11.0. The van der Waals surface area contributed by atoms with E-state index in [9.17, 15) is 4.79 Å². The molecule has 2 aromatic heterocycles. The molecule has 0 saturated heterocycles. The average molecular weight is 458 g/mol. The van der Waals surface area contributed by atoms with Crippen LogP contribution in [0.15, 0.2) is 46.0 Å². The number of carboxylic acid groups (broad SMARTS) is 1. The number of aromatic nitrogens is 2. The van der Waals surface area contributed by atoms with E-state index in [-0.39, 0.29) is 5.76 Å². The maximum atomic E-state index is 11.0. The molecule has 3 rings (SSSR count). The summed E-state index contributed by atoms with van der Waals surface area (Å²) in [5.41, 5.74) is 2.09. The van der Waals surface area contributed by atoms with Gasteiger partial charge in [0.05, 0.1) is 20.0 Å². The minimum atomic E-state index is -1.08. The lowest BCUT2D eigenvalue weighted by Crippen LogP contribution is -2.22. The van der Waals surface area contributed by atoms with Gasteiger partial charge in [-0.2, -0.15) is 0 Å². The Bertz CT molecular complexity index is 1070. The molecule has 0 fully saturated rings. The van der Waals surface area contributed by atoms with E-state index in [1.807, 2.05) is 31.3 Å². The lowest BCUT2D eigenvalue weighted by Gasteiger charge is -2.20. The molecule has 32 heavy (non-hydrogen) atoms. The Kier molecular flexibility index (Phi) is 7.99. The van der Waals surface area contributed by atoms with Crippen molar-refractivity contribution in [2.24, 2.45) is 0 Å². The van der Waals surface area contributed by atoms with Crippen LogP contribution in [0.5, 0.6) is 11.5 Å². The van der Waals surface area contributed by atoms with E-state index < -0.39 is 5.97 Å². The highest BCUT2D eigenvalue weighted by Crippen LogP contribution is 2.28. The molecule has 0 radical (unpaired) electrons. The Morgan fingerprint density at radius 3 is 2.56 bits per heavy atom. The van der Waals surface area contributed by atoms with E-state index in [2.05, 4.69) is 21.8 Å². The number of ether oxygens (including phenoxy) is 2. The number of carbonyl (C=O) groups is 1. The fraction of sp³-hybridized carbons (Fsp3) is 0.348. The molecule has 0 bridgehead atoms. The number of methoxy groups -OCH3 is 2. The van der Waals surface area contributed by atoms with Crippen molar-refractivity contribution in [2.45, 2.75) is 30.7 Å². The highest BCUT2D eigenvalue weighted by atomic mass is 32.2. The normalized spacial score (nSPS) is 10.8. The van der Waals surface area contributed by atoms with Crippen LogP contribution in [-0.4, -0.2) is 48.9 Å². The molecule has 170 valence electrons. The second-order valence-corrected chi connectivity index (χ2v) is 8.02. The van der Waals surface area contributed by atoms with E-state index >= 15 is 0 Å². The SMILES string of the molecule is CCc1cc(N(C)CCc2ccc(OC)c(OC)c2)nc(SCc2ccc(C(=O)O)o2)n1. The maximum Gasteiger partial charge on any atom is 0.371 e. The maximum absolute atomic E-state index is 11.0. The molecule has 3 aromatic rings. The summed E-state index contributed by atoms with van der Waals surface area (Å²) >= 11 is 1.42. The van der Waals surface area contributed by atoms with Crippen LogP contribution < -0.4 is 14.4 Å². The quantitative estimate of drug-likeness (QED) is 0.333. The number of aryl methyl sites for hydroxylation is 1. The Hall–Kier alpha value is -3.20. The van der Waals surface area contributed by atoms with Crippen LogP contribution in [-0.2, 0) is 18.6 Å². The third-order valence-electron chi connectivity index (χ3n) is 4.90. The second-order valence-electron chi connectivity index (χ2n) is 7.07. The van der Waals surface area contributed by atoms with Crippen molar-refractivity contribution >= 4 is 23.5 Å². The molecule has 0 atom stereocenters. The Morgan fingerprint density at radius 1 is 1.12 bits per heavy atom. The third-order valence-corrected chi connectivity index (χ3v) is 5.77. The molecule has 9 heteroatoms. The number of thioether (sulfide) groups is 1. The van der Waals surface area contributed by atoms with Gasteiger partial charge in [0.1, 0.15) is 11.6 Å². The molecular weight excluding hydrogens is 430 g/mol. The van der Waals surface area contributed by atoms with Gasteiger partial charge in [0, 0.05) is 25.4 Å². The standard InChI is InChI=1S/C23H27N3O5S/c1-5-16-13-21(25-23(24-16)32-14-17-7-9-19(31-17)22(27)28)26(2)11-10-15-6-8-18(29-3)20(12-15)30-4/h6-9,12-13H,5,10-11,14H2,1-4H3,(H,27,28). The molecule has 0 saturated carbocycles. The predicted octanol–water partition coefficient (Wildman–Crippen LogP) is 4.32. The van der Waals surface area contributed by atoms with E-state index in [1.54, 1.807) is 20.3 Å². The van der Waals surface area contributed by atoms with E-state index in [4.69, 9.17) is 19.0 Å². The first-order valence-corrected chi connectivity index (χ1v) is 11.2. The van der Waals surface area contributed by atoms with E-state index in [0.29, 0.717) is 28.2 Å². The topological polar surface area (TPSA) is 97.9 Å². The van der Waals surface area contributed by atoms with Crippen LogP contribution in [0, 0.1) is 0 Å². The average Bonchev–Trinajstić information content (AvgIpc) is 3.30. The van der Waals surface area contributed by atoms with Crippen LogP contribution >= 0.6 is 11.8 Å². The van der Waals surface area contributed by atoms with Gasteiger partial charge in [-0.1, -0.05) is 24.8 Å². The van der Waals surface area contributed by atoms with Crippen molar-refractivity contribution in [1.29, 1.82) is 0 Å². The molecule has 0 aliphatic rings. The van der Waals surface area contributed by atoms with Crippen LogP contribution in [0.4, 0.5) is 5.82 Å². The summed E-state index contributed by atoms with van der Waals surface area (Å²) in [6.07, 6.45) is 1.60. The summed E-state index contributed by atoms with van der Waals surface area (Å²) in [7, 11) is 5.26. The number of furan rings is 1. The molecule has 0 aliphatic heterocycles. The third kappa shape index (κ3) is 5.94. The molecular formula is C23H27N3O5S. The molecule has 8 nitrogen and oxygen atoms in total. The zero-order valence-electron chi connectivity index (χ0n) is 18.6. The Labute approximate surface area is 191 Å². The number of carboxylic acids is 1. The highest BCUT2D eigenvalue weighted by Gasteiger charge is 2.13. The lowest BCUT2D eigenvalue weighted by molar-refractivity contribution is 0.0661. The van der Waals surface area contributed by atoms with Crippen molar-refractivity contribution in [3.05, 3.63) is 59.2 Å². The molecule has 0 aliphatic carbocycles. The first-order chi connectivity index (χ1) is 15.4. The van der Waals surface area contributed by atoms with Gasteiger partial charge >= 0.3 is 5.97 Å². The van der Waals surface area contributed by atoms with Gasteiger partial charge in [0.2, 0.25) is 5.76 Å². The van der Waals surface area contributed by atoms with Crippen molar-refractivity contribution in [2.75, 3.05) is 32.7 Å². The van der Waals surface area contributed by atoms with Gasteiger partial charge in [-0.15, -0.1) is 0 Å². The summed E-state index contributed by atoms with van der Waals surface area (Å²) in [5.74, 6) is 2.14. The monoisotopic (exact) mass is 457 g/mol. The van der Waals surface area contributed by atoms with Gasteiger partial charge in [0.15, 0.2) is 16.7 Å². The summed E-state index contributed by atoms with van der Waals surface area (Å²) in [6.45, 7) is 2.82. The molecule has 1 N–H and O–H groups in total. The van der Waals surface area contributed by atoms with Gasteiger partial charge < -0.3 is 23.9 Å². The van der Waals surface area contributed by atoms with E-state index in [1.165, 1.54) is 17.8 Å². The molecule has 0 spiro atoms. The number of nitrogens with zero attached hydrogens (tertiary/aromatic N) is 3. The first-order valence-electron chi connectivity index (χ1n) is 10.2. The molecule has 1 aromatic carbocycles. The van der Waals surface area contributed by atoms with Crippen LogP contribution in [0.2, 0.25) is 0 Å². The number of likely N-dealkylation sites (N-methyl/N-ethyl adjacent to an activating group) is 1. The summed E-state index contributed by atoms with van der Waals surface area (Å²) in [4.78, 5) is 22.3. The largest absolute Gasteiger partial charge is 0.493 e. The lowest BCUT2D eigenvalue weighted by atomic mass is 10.1. The van der Waals surface area contributed by atoms with Crippen LogP contribution in [0.25, 0.3) is 0 Å². The minimum Gasteiger partial charge on any atom is -0.493 e. The number of benzene rings is 1. The van der Waals surface area contributed by atoms with Gasteiger partial charge in [-0.3, -0.25) is 0 Å². The fourth-order valence-corrected chi connectivity index (χ4v) is 3.82. The zero-order chi connectivity index (χ0) is 23.1. The number of anilines is 1. The van der Waals surface area contributed by atoms with Crippen molar-refractivity contribution in [1.82, 2.24) is 9.97 Å². The highest BCUT2D eigenvalue weighted by molar-refractivity contribution is 7.98. The van der Waals surface area contributed by atoms with Crippen LogP contribution in [0.1, 0.15) is 34.5 Å². The van der Waals surface area contributed by atoms with E-state index in [0.717, 1.165) is 36.5 Å². The molecule has 0 amide bonds. The Balaban J connectivity index is 1.67. The van der Waals surface area contributed by atoms with Gasteiger partial charge in [0.25, 0.3) is 0 Å². The van der Waals surface area contributed by atoms with Crippen molar-refractivity contribution < 1.29 is 23.8 Å². The second kappa shape index (κ2) is 10.9. The Morgan fingerprint density at radius 2 is 1.91 bits per heavy atom. The predicted molar refractivity (Wildman–Crippen MR) is 123 cm³/mol. The zero-order valence-corrected chi connectivity index (χ0v) is 19.4. The number of rotatable bonds is 11. The fourth-order valence-electron chi connectivity index (χ4n) is 3.05. The molecule has 0 unspecified atom stereocenters. The van der Waals surface area contributed by atoms with Crippen LogP contribution in [0.3, 0.4) is 0 Å². The minimum absolute atomic E-state index is 0.0700. The number of hydrogen-bond acceptors (Lipinski definition) is 8.